The molecular formula is C17H24O18. The Morgan fingerprint density at radius 3 is 0.886 bits per heavy atom. The highest BCUT2D eigenvalue weighted by molar-refractivity contribution is 5.85. The number of ether oxygens (including phenoxy) is 3. The quantitative estimate of drug-likeness (QED) is 0.0722. The smallest absolute Gasteiger partial charge is 0.338 e. The topological polar surface area (TPSA) is 312 Å². The Morgan fingerprint density at radius 2 is 0.714 bits per heavy atom. The van der Waals surface area contributed by atoms with Crippen molar-refractivity contribution in [3.63, 3.8) is 0 Å². The number of aliphatic hydroxyl groups is 6. The Bertz CT molecular complexity index is 704. The van der Waals surface area contributed by atoms with Crippen LogP contribution in [0.2, 0.25) is 0 Å². The number of rotatable bonds is 15. The van der Waals surface area contributed by atoms with E-state index in [1.54, 1.807) is 0 Å². The Balaban J connectivity index is 5.46. The van der Waals surface area contributed by atoms with Gasteiger partial charge in [-0.1, -0.05) is 0 Å². The predicted octanol–water partition coefficient (Wildman–Crippen LogP) is -5.96. The van der Waals surface area contributed by atoms with Crippen LogP contribution >= 0.6 is 0 Å². The SMILES string of the molecule is CC(COC(=O)C(O)C(O)C(=O)O)(COC(=O)C(O)C(O)C(=O)O)COC(=O)C(O)C(O)C(=O)O. The monoisotopic (exact) mass is 516 g/mol. The van der Waals surface area contributed by atoms with Crippen molar-refractivity contribution in [3.05, 3.63) is 0 Å². The van der Waals surface area contributed by atoms with Gasteiger partial charge in [-0.05, 0) is 6.92 Å². The third-order valence-corrected chi connectivity index (χ3v) is 4.07. The minimum atomic E-state index is -2.59. The number of esters is 3. The van der Waals surface area contributed by atoms with Gasteiger partial charge in [-0.25, -0.2) is 28.8 Å². The summed E-state index contributed by atoms with van der Waals surface area (Å²) >= 11 is 0. The van der Waals surface area contributed by atoms with Gasteiger partial charge in [0, 0.05) is 0 Å². The molecule has 6 atom stereocenters. The van der Waals surface area contributed by atoms with Gasteiger partial charge in [-0.3, -0.25) is 0 Å². The van der Waals surface area contributed by atoms with Crippen LogP contribution in [0.4, 0.5) is 0 Å². The van der Waals surface area contributed by atoms with E-state index in [-0.39, 0.29) is 0 Å². The maximum absolute atomic E-state index is 11.8. The van der Waals surface area contributed by atoms with E-state index in [2.05, 4.69) is 14.2 Å². The number of carboxylic acid groups (broad SMARTS) is 3. The van der Waals surface area contributed by atoms with Gasteiger partial charge in [0.15, 0.2) is 36.6 Å². The van der Waals surface area contributed by atoms with E-state index in [0.717, 1.165) is 6.92 Å². The van der Waals surface area contributed by atoms with Crippen molar-refractivity contribution in [1.29, 1.82) is 0 Å². The van der Waals surface area contributed by atoms with Crippen LogP contribution in [0.25, 0.3) is 0 Å². The van der Waals surface area contributed by atoms with Gasteiger partial charge in [0.2, 0.25) is 0 Å². The summed E-state index contributed by atoms with van der Waals surface area (Å²) in [7, 11) is 0. The largest absolute Gasteiger partial charge is 0.479 e. The lowest BCUT2D eigenvalue weighted by molar-refractivity contribution is -0.183. The molecule has 0 heterocycles. The Morgan fingerprint density at radius 1 is 0.514 bits per heavy atom. The first-order chi connectivity index (χ1) is 15.9. The van der Waals surface area contributed by atoms with Crippen LogP contribution in [0, 0.1) is 5.41 Å². The molecule has 0 aromatic carbocycles. The predicted molar refractivity (Wildman–Crippen MR) is 99.9 cm³/mol. The first-order valence-corrected chi connectivity index (χ1v) is 9.22. The number of hydrogen-bond acceptors (Lipinski definition) is 15. The molecule has 18 heteroatoms. The van der Waals surface area contributed by atoms with Crippen molar-refractivity contribution in [2.45, 2.75) is 43.5 Å². The van der Waals surface area contributed by atoms with Crippen LogP contribution < -0.4 is 0 Å². The van der Waals surface area contributed by atoms with Crippen molar-refractivity contribution in [2.24, 2.45) is 5.41 Å². The zero-order valence-corrected chi connectivity index (χ0v) is 17.8. The summed E-state index contributed by atoms with van der Waals surface area (Å²) in [5.74, 6) is -11.1. The average Bonchev–Trinajstić information content (AvgIpc) is 2.81. The van der Waals surface area contributed by atoms with Gasteiger partial charge < -0.3 is 60.2 Å². The number of hydrogen-bond donors (Lipinski definition) is 9. The summed E-state index contributed by atoms with van der Waals surface area (Å²) in [4.78, 5) is 67.2. The van der Waals surface area contributed by atoms with E-state index >= 15 is 0 Å². The minimum Gasteiger partial charge on any atom is -0.479 e. The lowest BCUT2D eigenvalue weighted by Crippen LogP contribution is -2.46. The number of aliphatic carboxylic acids is 3. The molecule has 0 rings (SSSR count). The fraction of sp³-hybridized carbons (Fsp3) is 0.647. The Hall–Kier alpha value is -3.42. The molecule has 0 aromatic rings. The van der Waals surface area contributed by atoms with Crippen molar-refractivity contribution in [2.75, 3.05) is 19.8 Å². The third-order valence-electron chi connectivity index (χ3n) is 4.07. The molecule has 0 saturated heterocycles. The van der Waals surface area contributed by atoms with Crippen molar-refractivity contribution < 1.29 is 88.9 Å². The van der Waals surface area contributed by atoms with Gasteiger partial charge >= 0.3 is 35.8 Å². The molecule has 0 saturated carbocycles. The zero-order chi connectivity index (χ0) is 27.7. The van der Waals surface area contributed by atoms with Crippen LogP contribution in [-0.4, -0.2) is 138 Å². The normalized spacial score (nSPS) is 17.9. The molecule has 9 N–H and O–H groups in total. The van der Waals surface area contributed by atoms with Crippen LogP contribution in [0.5, 0.6) is 0 Å². The molecule has 0 aliphatic heterocycles. The fourth-order valence-corrected chi connectivity index (χ4v) is 1.91. The number of carbonyl (C=O) groups excluding carboxylic acids is 3. The van der Waals surface area contributed by atoms with Gasteiger partial charge in [0.05, 0.1) is 5.41 Å². The van der Waals surface area contributed by atoms with Crippen LogP contribution in [0.1, 0.15) is 6.92 Å². The lowest BCUT2D eigenvalue weighted by atomic mass is 9.94. The molecular weight excluding hydrogens is 492 g/mol. The second kappa shape index (κ2) is 13.5. The van der Waals surface area contributed by atoms with Crippen molar-refractivity contribution in [1.82, 2.24) is 0 Å². The molecule has 6 unspecified atom stereocenters. The summed E-state index contributed by atoms with van der Waals surface area (Å²) in [6, 6.07) is 0. The van der Waals surface area contributed by atoms with E-state index in [0.29, 0.717) is 0 Å². The molecule has 200 valence electrons. The first-order valence-electron chi connectivity index (χ1n) is 9.22. The molecule has 0 radical (unpaired) electrons. The summed E-state index contributed by atoms with van der Waals surface area (Å²) in [5.41, 5.74) is -1.86. The maximum Gasteiger partial charge on any atom is 0.338 e. The molecule has 0 amide bonds. The number of aliphatic hydroxyl groups excluding tert-OH is 6. The summed E-state index contributed by atoms with van der Waals surface area (Å²) in [6.07, 6.45) is -15.5. The Kier molecular flexibility index (Phi) is 12.1. The molecule has 0 aromatic heterocycles. The Labute approximate surface area is 194 Å². The molecule has 35 heavy (non-hydrogen) atoms. The third kappa shape index (κ3) is 9.76. The average molecular weight is 516 g/mol. The highest BCUT2D eigenvalue weighted by atomic mass is 16.6. The highest BCUT2D eigenvalue weighted by Gasteiger charge is 2.39. The second-order valence-electron chi connectivity index (χ2n) is 7.32. The van der Waals surface area contributed by atoms with Gasteiger partial charge in [-0.15, -0.1) is 0 Å². The van der Waals surface area contributed by atoms with Gasteiger partial charge in [-0.2, -0.15) is 0 Å². The van der Waals surface area contributed by atoms with E-state index in [9.17, 15) is 59.4 Å². The van der Waals surface area contributed by atoms with E-state index in [1.807, 2.05) is 0 Å². The molecule has 0 bridgehead atoms. The van der Waals surface area contributed by atoms with E-state index in [1.165, 1.54) is 0 Å². The van der Waals surface area contributed by atoms with E-state index < -0.39 is 97.7 Å². The summed E-state index contributed by atoms with van der Waals surface area (Å²) in [5, 5.41) is 81.6. The van der Waals surface area contributed by atoms with Crippen molar-refractivity contribution in [3.8, 4) is 0 Å². The van der Waals surface area contributed by atoms with Crippen LogP contribution in [0.3, 0.4) is 0 Å². The molecule has 0 aliphatic rings. The van der Waals surface area contributed by atoms with Gasteiger partial charge in [0.25, 0.3) is 0 Å². The maximum atomic E-state index is 11.8. The van der Waals surface area contributed by atoms with Gasteiger partial charge in [0.1, 0.15) is 19.8 Å². The second-order valence-corrected chi connectivity index (χ2v) is 7.32. The first kappa shape index (κ1) is 31.6. The molecule has 0 fully saturated rings. The minimum absolute atomic E-state index is 0.981. The fourth-order valence-electron chi connectivity index (χ4n) is 1.91. The summed E-state index contributed by atoms with van der Waals surface area (Å²) < 4.78 is 13.8. The molecule has 0 spiro atoms. The highest BCUT2D eigenvalue weighted by Crippen LogP contribution is 2.20. The number of carbonyl (C=O) groups is 6. The zero-order valence-electron chi connectivity index (χ0n) is 17.8. The summed E-state index contributed by atoms with van der Waals surface area (Å²) in [6.45, 7) is -1.90. The standard InChI is InChI=1S/C17H24O18/c1-17(2-33-14(30)8(21)5(18)11(24)25,3-34-15(31)9(22)6(19)12(26)27)4-35-16(32)10(23)7(20)13(28)29/h5-10,18-23H,2-4H2,1H3,(H,24,25)(H,26,27)(H,28,29). The van der Waals surface area contributed by atoms with Crippen LogP contribution in [0.15, 0.2) is 0 Å². The lowest BCUT2D eigenvalue weighted by Gasteiger charge is -2.29. The molecule has 18 nitrogen and oxygen atoms in total. The number of carboxylic acids is 3. The van der Waals surface area contributed by atoms with Crippen LogP contribution in [-0.2, 0) is 43.0 Å². The van der Waals surface area contributed by atoms with E-state index in [4.69, 9.17) is 15.3 Å². The van der Waals surface area contributed by atoms with Crippen molar-refractivity contribution >= 4 is 35.8 Å². The molecule has 0 aliphatic carbocycles.